The molecular weight excluding hydrogens is 368 g/mol. The van der Waals surface area contributed by atoms with Crippen molar-refractivity contribution in [2.75, 3.05) is 13.2 Å². The number of Topliss-reactive ketones (excluding diaryl/α,β-unsaturated/α-hetero) is 1. The highest BCUT2D eigenvalue weighted by atomic mass is 16.5. The number of ketones is 1. The van der Waals surface area contributed by atoms with Crippen molar-refractivity contribution < 1.29 is 18.7 Å². The molecule has 6 heteroatoms. The maximum Gasteiger partial charge on any atom is 0.306 e. The Kier molecular flexibility index (Phi) is 7.09. The standard InChI is InChI=1S/C23H32N2O4/c1-4-28-19(26)12-11-18-20(15-8-5-6-10-17(15)29-18)21(16-9-7-13-25-16)23(27)22(24)14(2)3/h5-6,8,10,14,16,21-22,25H,4,7,9,11-13,24H2,1-3H3. The lowest BCUT2D eigenvalue weighted by atomic mass is 9.80. The summed E-state index contributed by atoms with van der Waals surface area (Å²) in [7, 11) is 0. The van der Waals surface area contributed by atoms with E-state index in [1.165, 1.54) is 0 Å². The van der Waals surface area contributed by atoms with Gasteiger partial charge in [-0.25, -0.2) is 0 Å². The third kappa shape index (κ3) is 4.70. The van der Waals surface area contributed by atoms with Gasteiger partial charge in [-0.1, -0.05) is 32.0 Å². The number of carbonyl (C=O) groups is 2. The van der Waals surface area contributed by atoms with Gasteiger partial charge in [0, 0.05) is 23.4 Å². The minimum atomic E-state index is -0.547. The van der Waals surface area contributed by atoms with Crippen LogP contribution in [-0.2, 0) is 20.7 Å². The molecule has 3 rings (SSSR count). The number of nitrogens with two attached hydrogens (primary N) is 1. The summed E-state index contributed by atoms with van der Waals surface area (Å²) in [6, 6.07) is 7.22. The van der Waals surface area contributed by atoms with E-state index >= 15 is 0 Å². The average molecular weight is 401 g/mol. The first kappa shape index (κ1) is 21.5. The SMILES string of the molecule is CCOC(=O)CCc1oc2ccccc2c1C(C(=O)C(N)C(C)C)C1CCCN1. The van der Waals surface area contributed by atoms with E-state index in [4.69, 9.17) is 14.9 Å². The number of benzene rings is 1. The lowest BCUT2D eigenvalue weighted by Crippen LogP contribution is -2.45. The van der Waals surface area contributed by atoms with Crippen molar-refractivity contribution in [3.05, 3.63) is 35.6 Å². The van der Waals surface area contributed by atoms with Crippen molar-refractivity contribution in [3.8, 4) is 0 Å². The monoisotopic (exact) mass is 400 g/mol. The Bertz CT molecular complexity index is 852. The van der Waals surface area contributed by atoms with Crippen LogP contribution in [0.5, 0.6) is 0 Å². The zero-order valence-electron chi connectivity index (χ0n) is 17.6. The van der Waals surface area contributed by atoms with E-state index in [9.17, 15) is 9.59 Å². The van der Waals surface area contributed by atoms with Crippen LogP contribution in [0, 0.1) is 5.92 Å². The van der Waals surface area contributed by atoms with Gasteiger partial charge >= 0.3 is 5.97 Å². The molecule has 1 saturated heterocycles. The number of furan rings is 1. The van der Waals surface area contributed by atoms with Crippen LogP contribution in [0.4, 0.5) is 0 Å². The molecule has 2 heterocycles. The first-order chi connectivity index (χ1) is 13.9. The molecule has 1 fully saturated rings. The topological polar surface area (TPSA) is 94.6 Å². The highest BCUT2D eigenvalue weighted by Gasteiger charge is 2.39. The predicted molar refractivity (Wildman–Crippen MR) is 113 cm³/mol. The second-order valence-corrected chi connectivity index (χ2v) is 8.09. The van der Waals surface area contributed by atoms with Gasteiger partial charge in [0.1, 0.15) is 11.3 Å². The number of aryl methyl sites for hydroxylation is 1. The second-order valence-electron chi connectivity index (χ2n) is 8.09. The quantitative estimate of drug-likeness (QED) is 0.627. The third-order valence-corrected chi connectivity index (χ3v) is 5.74. The molecule has 1 aliphatic rings. The summed E-state index contributed by atoms with van der Waals surface area (Å²) in [5, 5.41) is 4.41. The average Bonchev–Trinajstić information content (AvgIpc) is 3.35. The van der Waals surface area contributed by atoms with Gasteiger partial charge in [-0.05, 0) is 38.3 Å². The summed E-state index contributed by atoms with van der Waals surface area (Å²) in [6.45, 7) is 6.97. The van der Waals surface area contributed by atoms with Gasteiger partial charge in [0.2, 0.25) is 0 Å². The summed E-state index contributed by atoms with van der Waals surface area (Å²) >= 11 is 0. The Morgan fingerprint density at radius 1 is 1.31 bits per heavy atom. The number of carbonyl (C=O) groups excluding carboxylic acids is 2. The number of ether oxygens (including phenoxy) is 1. The summed E-state index contributed by atoms with van der Waals surface area (Å²) in [6.07, 6.45) is 2.56. The number of esters is 1. The molecule has 0 aliphatic carbocycles. The van der Waals surface area contributed by atoms with E-state index in [1.54, 1.807) is 6.92 Å². The first-order valence-electron chi connectivity index (χ1n) is 10.6. The smallest absolute Gasteiger partial charge is 0.306 e. The zero-order valence-corrected chi connectivity index (χ0v) is 17.6. The second kappa shape index (κ2) is 9.55. The lowest BCUT2D eigenvalue weighted by Gasteiger charge is -2.27. The van der Waals surface area contributed by atoms with Crippen molar-refractivity contribution in [2.45, 2.75) is 64.5 Å². The number of nitrogens with one attached hydrogen (secondary N) is 1. The fourth-order valence-electron chi connectivity index (χ4n) is 4.17. The van der Waals surface area contributed by atoms with E-state index in [2.05, 4.69) is 5.32 Å². The van der Waals surface area contributed by atoms with E-state index < -0.39 is 12.0 Å². The van der Waals surface area contributed by atoms with E-state index in [1.807, 2.05) is 38.1 Å². The Morgan fingerprint density at radius 2 is 2.07 bits per heavy atom. The Hall–Kier alpha value is -2.18. The highest BCUT2D eigenvalue weighted by Crippen LogP contribution is 2.38. The minimum absolute atomic E-state index is 0.0228. The van der Waals surface area contributed by atoms with E-state index in [0.29, 0.717) is 18.8 Å². The maximum absolute atomic E-state index is 13.5. The van der Waals surface area contributed by atoms with Crippen LogP contribution in [0.2, 0.25) is 0 Å². The fraction of sp³-hybridized carbons (Fsp3) is 0.565. The Balaban J connectivity index is 2.05. The van der Waals surface area contributed by atoms with E-state index in [0.717, 1.165) is 35.9 Å². The summed E-state index contributed by atoms with van der Waals surface area (Å²) in [5.41, 5.74) is 7.92. The molecule has 158 valence electrons. The maximum atomic E-state index is 13.5. The van der Waals surface area contributed by atoms with Gasteiger partial charge in [0.25, 0.3) is 0 Å². The number of rotatable bonds is 9. The van der Waals surface area contributed by atoms with Crippen molar-refractivity contribution in [3.63, 3.8) is 0 Å². The van der Waals surface area contributed by atoms with E-state index in [-0.39, 0.29) is 30.1 Å². The van der Waals surface area contributed by atoms with Crippen LogP contribution < -0.4 is 11.1 Å². The molecule has 0 spiro atoms. The number of hydrogen-bond donors (Lipinski definition) is 2. The zero-order chi connectivity index (χ0) is 21.0. The molecule has 29 heavy (non-hydrogen) atoms. The number of fused-ring (bicyclic) bond motifs is 1. The summed E-state index contributed by atoms with van der Waals surface area (Å²) < 4.78 is 11.2. The van der Waals surface area contributed by atoms with Crippen molar-refractivity contribution in [2.24, 2.45) is 11.7 Å². The van der Waals surface area contributed by atoms with Crippen LogP contribution in [-0.4, -0.2) is 37.0 Å². The van der Waals surface area contributed by atoms with Crippen LogP contribution in [0.1, 0.15) is 57.3 Å². The van der Waals surface area contributed by atoms with Gasteiger partial charge in [0.05, 0.1) is 25.0 Å². The van der Waals surface area contributed by atoms with Crippen LogP contribution in [0.25, 0.3) is 11.0 Å². The number of para-hydroxylation sites is 1. The summed E-state index contributed by atoms with van der Waals surface area (Å²) in [4.78, 5) is 25.4. The molecule has 0 saturated carbocycles. The van der Waals surface area contributed by atoms with Gasteiger partial charge in [-0.3, -0.25) is 9.59 Å². The van der Waals surface area contributed by atoms with Crippen LogP contribution >= 0.6 is 0 Å². The van der Waals surface area contributed by atoms with Crippen molar-refractivity contribution >= 4 is 22.7 Å². The Morgan fingerprint density at radius 3 is 2.72 bits per heavy atom. The number of hydrogen-bond acceptors (Lipinski definition) is 6. The normalized spacial score (nSPS) is 18.9. The van der Waals surface area contributed by atoms with Gasteiger partial charge < -0.3 is 20.2 Å². The molecule has 0 radical (unpaired) electrons. The van der Waals surface area contributed by atoms with Crippen LogP contribution in [0.15, 0.2) is 28.7 Å². The fourth-order valence-corrected chi connectivity index (χ4v) is 4.17. The molecule has 0 bridgehead atoms. The highest BCUT2D eigenvalue weighted by molar-refractivity contribution is 5.96. The molecule has 3 N–H and O–H groups in total. The molecule has 1 aliphatic heterocycles. The molecule has 2 aromatic rings. The molecule has 1 aromatic heterocycles. The largest absolute Gasteiger partial charge is 0.466 e. The third-order valence-electron chi connectivity index (χ3n) is 5.74. The van der Waals surface area contributed by atoms with Gasteiger partial charge in [-0.15, -0.1) is 0 Å². The lowest BCUT2D eigenvalue weighted by molar-refractivity contribution is -0.143. The van der Waals surface area contributed by atoms with Crippen LogP contribution in [0.3, 0.4) is 0 Å². The molecular formula is C23H32N2O4. The molecule has 3 unspecified atom stereocenters. The Labute approximate surface area is 172 Å². The van der Waals surface area contributed by atoms with Gasteiger partial charge in [0.15, 0.2) is 5.78 Å². The molecule has 3 atom stereocenters. The molecule has 0 amide bonds. The van der Waals surface area contributed by atoms with Gasteiger partial charge in [-0.2, -0.15) is 0 Å². The van der Waals surface area contributed by atoms with Crippen molar-refractivity contribution in [1.82, 2.24) is 5.32 Å². The minimum Gasteiger partial charge on any atom is -0.466 e. The predicted octanol–water partition coefficient (Wildman–Crippen LogP) is 3.32. The van der Waals surface area contributed by atoms with Crippen molar-refractivity contribution in [1.29, 1.82) is 0 Å². The molecule has 6 nitrogen and oxygen atoms in total. The first-order valence-corrected chi connectivity index (χ1v) is 10.6. The molecule has 1 aromatic carbocycles. The summed E-state index contributed by atoms with van der Waals surface area (Å²) in [5.74, 6) is 0.105.